The zero-order chi connectivity index (χ0) is 31.8. The quantitative estimate of drug-likeness (QED) is 0.134. The topological polar surface area (TPSA) is 72.7 Å². The van der Waals surface area contributed by atoms with Crippen LogP contribution in [0.15, 0.2) is 72.9 Å². The fourth-order valence-corrected chi connectivity index (χ4v) is 7.51. The second-order valence-electron chi connectivity index (χ2n) is 11.9. The smallest absolute Gasteiger partial charge is 0.246 e. The molecule has 0 saturated carbocycles. The van der Waals surface area contributed by atoms with E-state index in [9.17, 15) is 9.18 Å². The van der Waals surface area contributed by atoms with Gasteiger partial charge in [0.05, 0.1) is 30.2 Å². The summed E-state index contributed by atoms with van der Waals surface area (Å²) in [6.45, 7) is 7.49. The molecule has 0 spiro atoms. The number of benzene rings is 2. The number of halogens is 1. The van der Waals surface area contributed by atoms with Crippen LogP contribution < -0.4 is 4.74 Å². The number of pyridine rings is 1. The maximum absolute atomic E-state index is 14.6. The Labute approximate surface area is 271 Å². The summed E-state index contributed by atoms with van der Waals surface area (Å²) in [5, 5.41) is 7.88. The van der Waals surface area contributed by atoms with E-state index >= 15 is 0 Å². The molecule has 46 heavy (non-hydrogen) atoms. The first-order valence-electron chi connectivity index (χ1n) is 15.5. The van der Waals surface area contributed by atoms with Gasteiger partial charge in [0.1, 0.15) is 18.2 Å². The Morgan fingerprint density at radius 2 is 2.00 bits per heavy atom. The van der Waals surface area contributed by atoms with Crippen molar-refractivity contribution in [2.24, 2.45) is 0 Å². The van der Waals surface area contributed by atoms with Crippen molar-refractivity contribution in [1.82, 2.24) is 24.6 Å². The van der Waals surface area contributed by atoms with Crippen molar-refractivity contribution in [3.05, 3.63) is 89.8 Å². The van der Waals surface area contributed by atoms with E-state index in [1.54, 1.807) is 29.4 Å². The van der Waals surface area contributed by atoms with Crippen molar-refractivity contribution in [3.63, 3.8) is 0 Å². The molecule has 1 fully saturated rings. The lowest BCUT2D eigenvalue weighted by Crippen LogP contribution is -2.27. The Morgan fingerprint density at radius 3 is 2.85 bits per heavy atom. The van der Waals surface area contributed by atoms with E-state index in [1.165, 1.54) is 29.3 Å². The van der Waals surface area contributed by atoms with Crippen molar-refractivity contribution >= 4 is 27.3 Å². The van der Waals surface area contributed by atoms with Crippen LogP contribution in [0.2, 0.25) is 0 Å². The molecule has 0 N–H and O–H groups in total. The highest BCUT2D eigenvalue weighted by Gasteiger charge is 2.28. The molecule has 0 aliphatic carbocycles. The zero-order valence-electron chi connectivity index (χ0n) is 26.0. The molecule has 1 amide bonds. The molecule has 2 aliphatic heterocycles. The Kier molecular flexibility index (Phi) is 8.42. The molecule has 8 nitrogen and oxygen atoms in total. The Balaban J connectivity index is 1.39. The summed E-state index contributed by atoms with van der Waals surface area (Å²) in [7, 11) is 3.76. The van der Waals surface area contributed by atoms with E-state index in [1.807, 2.05) is 17.1 Å². The monoisotopic (exact) mass is 637 g/mol. The molecule has 1 saturated heterocycles. The van der Waals surface area contributed by atoms with E-state index < -0.39 is 0 Å². The number of likely N-dealkylation sites (N-methyl/N-ethyl adjacent to an activating group) is 1. The molecular formula is C36H36FN5O3S. The number of amides is 1. The molecule has 5 heterocycles. The SMILES string of the molecule is C=CC(=O)N1CC[C@H](n2cc(-c3nc(-c4ccc5c(c4)CCN(C)C5)c4ccsc4c3-c3ccc(F)cc3OCCOC)cn2)C1. The van der Waals surface area contributed by atoms with Crippen LogP contribution in [0.3, 0.4) is 0 Å². The van der Waals surface area contributed by atoms with Gasteiger partial charge in [-0.1, -0.05) is 18.7 Å². The molecule has 1 atom stereocenters. The fourth-order valence-electron chi connectivity index (χ4n) is 6.55. The van der Waals surface area contributed by atoms with Gasteiger partial charge in [-0.05, 0) is 66.7 Å². The first kappa shape index (κ1) is 30.3. The third-order valence-electron chi connectivity index (χ3n) is 8.95. The highest BCUT2D eigenvalue weighted by atomic mass is 32.1. The molecular weight excluding hydrogens is 601 g/mol. The molecule has 2 aromatic carbocycles. The predicted octanol–water partition coefficient (Wildman–Crippen LogP) is 6.61. The van der Waals surface area contributed by atoms with Crippen LogP contribution in [0.25, 0.3) is 43.7 Å². The summed E-state index contributed by atoms with van der Waals surface area (Å²) < 4.78 is 28.9. The fraction of sp³-hybridized carbons (Fsp3) is 0.306. The van der Waals surface area contributed by atoms with Crippen LogP contribution >= 0.6 is 11.3 Å². The highest BCUT2D eigenvalue weighted by molar-refractivity contribution is 7.18. The van der Waals surface area contributed by atoms with Crippen LogP contribution in [0.1, 0.15) is 23.6 Å². The maximum Gasteiger partial charge on any atom is 0.246 e. The molecule has 7 rings (SSSR count). The molecule has 0 bridgehead atoms. The number of hydrogen-bond acceptors (Lipinski definition) is 7. The number of carbonyl (C=O) groups is 1. The molecule has 0 radical (unpaired) electrons. The lowest BCUT2D eigenvalue weighted by atomic mass is 9.93. The van der Waals surface area contributed by atoms with Gasteiger partial charge in [-0.2, -0.15) is 5.10 Å². The first-order valence-corrected chi connectivity index (χ1v) is 16.4. The number of nitrogens with zero attached hydrogens (tertiary/aromatic N) is 5. The third-order valence-corrected chi connectivity index (χ3v) is 9.88. The average molecular weight is 638 g/mol. The second kappa shape index (κ2) is 12.8. The van der Waals surface area contributed by atoms with Crippen molar-refractivity contribution in [1.29, 1.82) is 0 Å². The van der Waals surface area contributed by atoms with Crippen LogP contribution in [-0.4, -0.2) is 77.5 Å². The third kappa shape index (κ3) is 5.72. The minimum Gasteiger partial charge on any atom is -0.490 e. The van der Waals surface area contributed by atoms with Gasteiger partial charge in [-0.15, -0.1) is 11.3 Å². The number of hydrogen-bond donors (Lipinski definition) is 0. The van der Waals surface area contributed by atoms with Gasteiger partial charge in [0, 0.05) is 77.9 Å². The Morgan fingerprint density at radius 1 is 1.11 bits per heavy atom. The lowest BCUT2D eigenvalue weighted by Gasteiger charge is -2.25. The van der Waals surface area contributed by atoms with Gasteiger partial charge in [-0.25, -0.2) is 9.37 Å². The average Bonchev–Trinajstić information content (AvgIpc) is 3.85. The summed E-state index contributed by atoms with van der Waals surface area (Å²) in [5.74, 6) is -0.0139. The van der Waals surface area contributed by atoms with E-state index in [4.69, 9.17) is 19.6 Å². The van der Waals surface area contributed by atoms with Crippen molar-refractivity contribution in [2.45, 2.75) is 25.4 Å². The molecule has 5 aromatic rings. The first-order chi connectivity index (χ1) is 22.4. The van der Waals surface area contributed by atoms with Crippen molar-refractivity contribution < 1.29 is 18.7 Å². The van der Waals surface area contributed by atoms with Crippen molar-refractivity contribution in [2.75, 3.05) is 47.0 Å². The maximum atomic E-state index is 14.6. The standard InChI is InChI=1S/C36H36FN5O3S/c1-4-32(43)41-13-10-28(22-41)42-21-26(19-38-42)35-33(29-8-7-27(37)18-31(29)45-15-14-44-3)36-30(11-16-46-36)34(39-35)24-5-6-25-20-40(2)12-9-23(25)17-24/h4-8,11,16-19,21,28H,1,9-10,12-15,20,22H2,2-3H3/t28-/m0/s1. The zero-order valence-corrected chi connectivity index (χ0v) is 26.9. The summed E-state index contributed by atoms with van der Waals surface area (Å²) in [6.07, 6.45) is 7.01. The minimum atomic E-state index is -0.378. The van der Waals surface area contributed by atoms with E-state index in [0.717, 1.165) is 69.7 Å². The highest BCUT2D eigenvalue weighted by Crippen LogP contribution is 2.46. The lowest BCUT2D eigenvalue weighted by molar-refractivity contribution is -0.125. The van der Waals surface area contributed by atoms with Crippen LogP contribution in [0.5, 0.6) is 5.75 Å². The Bertz CT molecular complexity index is 1930. The number of methoxy groups -OCH3 is 1. The van der Waals surface area contributed by atoms with Gasteiger partial charge in [0.15, 0.2) is 0 Å². The number of rotatable bonds is 9. The van der Waals surface area contributed by atoms with E-state index in [-0.39, 0.29) is 24.4 Å². The summed E-state index contributed by atoms with van der Waals surface area (Å²) in [5.41, 5.74) is 7.88. The number of likely N-dealkylation sites (tertiary alicyclic amines) is 1. The number of carbonyl (C=O) groups excluding carboxylic acids is 1. The predicted molar refractivity (Wildman–Crippen MR) is 180 cm³/mol. The van der Waals surface area contributed by atoms with Gasteiger partial charge >= 0.3 is 0 Å². The molecule has 10 heteroatoms. The van der Waals surface area contributed by atoms with Gasteiger partial charge < -0.3 is 19.3 Å². The summed E-state index contributed by atoms with van der Waals surface area (Å²) in [6, 6.07) is 13.5. The number of fused-ring (bicyclic) bond motifs is 2. The van der Waals surface area contributed by atoms with Gasteiger partial charge in [0.25, 0.3) is 0 Å². The van der Waals surface area contributed by atoms with Crippen LogP contribution in [-0.2, 0) is 22.5 Å². The number of aromatic nitrogens is 3. The van der Waals surface area contributed by atoms with Crippen LogP contribution in [0, 0.1) is 5.82 Å². The van der Waals surface area contributed by atoms with E-state index in [0.29, 0.717) is 25.4 Å². The Hall–Kier alpha value is -4.38. The number of ether oxygens (including phenoxy) is 2. The van der Waals surface area contributed by atoms with Gasteiger partial charge in [0.2, 0.25) is 5.91 Å². The van der Waals surface area contributed by atoms with Gasteiger partial charge in [-0.3, -0.25) is 9.48 Å². The molecule has 236 valence electrons. The minimum absolute atomic E-state index is 0.0450. The second-order valence-corrected chi connectivity index (χ2v) is 12.9. The normalized spacial score (nSPS) is 16.6. The molecule has 0 unspecified atom stereocenters. The molecule has 3 aromatic heterocycles. The van der Waals surface area contributed by atoms with Crippen LogP contribution in [0.4, 0.5) is 4.39 Å². The largest absolute Gasteiger partial charge is 0.490 e. The summed E-state index contributed by atoms with van der Waals surface area (Å²) >= 11 is 1.63. The van der Waals surface area contributed by atoms with Crippen molar-refractivity contribution in [3.8, 4) is 39.4 Å². The summed E-state index contributed by atoms with van der Waals surface area (Å²) in [4.78, 5) is 21.8. The molecule has 2 aliphatic rings. The van der Waals surface area contributed by atoms with E-state index in [2.05, 4.69) is 48.2 Å². The number of thiophene rings is 1.